The van der Waals surface area contributed by atoms with Crippen LogP contribution >= 0.6 is 11.8 Å². The molecule has 0 heterocycles. The molecule has 2 nitrogen and oxygen atoms in total. The van der Waals surface area contributed by atoms with Gasteiger partial charge in [0.1, 0.15) is 0 Å². The molecular weight excluding hydrogens is 194 g/mol. The quantitative estimate of drug-likeness (QED) is 0.715. The Bertz CT molecular complexity index is 146. The second-order valence-electron chi connectivity index (χ2n) is 4.55. The Morgan fingerprint density at radius 1 is 1.36 bits per heavy atom. The second kappa shape index (κ2) is 6.70. The van der Waals surface area contributed by atoms with Gasteiger partial charge >= 0.3 is 0 Å². The van der Waals surface area contributed by atoms with Crippen LogP contribution in [0.15, 0.2) is 0 Å². The summed E-state index contributed by atoms with van der Waals surface area (Å²) in [6.07, 6.45) is 6.28. The highest BCUT2D eigenvalue weighted by Gasteiger charge is 2.18. The number of hydrogen-bond donors (Lipinski definition) is 2. The van der Waals surface area contributed by atoms with E-state index in [0.29, 0.717) is 0 Å². The van der Waals surface area contributed by atoms with E-state index in [1.54, 1.807) is 11.8 Å². The van der Waals surface area contributed by atoms with Crippen molar-refractivity contribution in [1.29, 1.82) is 0 Å². The van der Waals surface area contributed by atoms with Gasteiger partial charge in [0.05, 0.1) is 6.10 Å². The summed E-state index contributed by atoms with van der Waals surface area (Å²) < 4.78 is 0. The van der Waals surface area contributed by atoms with E-state index in [4.69, 9.17) is 5.73 Å². The van der Waals surface area contributed by atoms with Gasteiger partial charge in [0, 0.05) is 17.5 Å². The van der Waals surface area contributed by atoms with Crippen LogP contribution in [0.1, 0.15) is 39.0 Å². The van der Waals surface area contributed by atoms with Gasteiger partial charge in [-0.25, -0.2) is 0 Å². The van der Waals surface area contributed by atoms with Crippen LogP contribution in [-0.2, 0) is 0 Å². The highest BCUT2D eigenvalue weighted by atomic mass is 32.2. The van der Waals surface area contributed by atoms with Crippen molar-refractivity contribution in [3.05, 3.63) is 0 Å². The van der Waals surface area contributed by atoms with Gasteiger partial charge in [-0.15, -0.1) is 0 Å². The van der Waals surface area contributed by atoms with Crippen molar-refractivity contribution in [3.8, 4) is 0 Å². The summed E-state index contributed by atoms with van der Waals surface area (Å²) in [7, 11) is 0. The van der Waals surface area contributed by atoms with Gasteiger partial charge in [-0.1, -0.05) is 25.7 Å². The van der Waals surface area contributed by atoms with Crippen molar-refractivity contribution >= 4 is 11.8 Å². The largest absolute Gasteiger partial charge is 0.392 e. The molecule has 84 valence electrons. The summed E-state index contributed by atoms with van der Waals surface area (Å²) in [4.78, 5) is 0. The predicted molar refractivity (Wildman–Crippen MR) is 63.6 cm³/mol. The van der Waals surface area contributed by atoms with Crippen LogP contribution in [-0.4, -0.2) is 28.8 Å². The van der Waals surface area contributed by atoms with E-state index in [1.165, 1.54) is 25.7 Å². The van der Waals surface area contributed by atoms with Crippen molar-refractivity contribution in [2.45, 2.75) is 51.2 Å². The number of aliphatic hydroxyl groups excluding tert-OH is 1. The molecule has 0 radical (unpaired) electrons. The third kappa shape index (κ3) is 5.23. The van der Waals surface area contributed by atoms with Crippen LogP contribution in [0.2, 0.25) is 0 Å². The normalized spacial score (nSPS) is 22.5. The lowest BCUT2D eigenvalue weighted by molar-refractivity contribution is 0.166. The first-order chi connectivity index (χ1) is 6.68. The lowest BCUT2D eigenvalue weighted by atomic mass is 10.0. The molecule has 0 bridgehead atoms. The second-order valence-corrected chi connectivity index (χ2v) is 5.63. The molecule has 1 aliphatic rings. The van der Waals surface area contributed by atoms with Gasteiger partial charge in [0.25, 0.3) is 0 Å². The van der Waals surface area contributed by atoms with E-state index in [9.17, 15) is 5.11 Å². The van der Waals surface area contributed by atoms with Crippen LogP contribution in [0, 0.1) is 5.92 Å². The molecule has 2 unspecified atom stereocenters. The Balaban J connectivity index is 2.00. The number of rotatable bonds is 6. The lowest BCUT2D eigenvalue weighted by Gasteiger charge is -2.15. The molecule has 1 aliphatic carbocycles. The Hall–Kier alpha value is 0.270. The number of hydrogen-bond acceptors (Lipinski definition) is 3. The van der Waals surface area contributed by atoms with Gasteiger partial charge < -0.3 is 10.8 Å². The summed E-state index contributed by atoms with van der Waals surface area (Å²) in [6.45, 7) is 2.01. The zero-order valence-corrected chi connectivity index (χ0v) is 9.93. The maximum Gasteiger partial charge on any atom is 0.0633 e. The molecule has 2 atom stereocenters. The van der Waals surface area contributed by atoms with E-state index >= 15 is 0 Å². The highest BCUT2D eigenvalue weighted by Crippen LogP contribution is 2.29. The molecule has 0 aromatic heterocycles. The first-order valence-corrected chi connectivity index (χ1v) is 6.85. The van der Waals surface area contributed by atoms with E-state index in [-0.39, 0.29) is 12.1 Å². The maximum absolute atomic E-state index is 9.76. The average Bonchev–Trinajstić information content (AvgIpc) is 2.56. The number of aliphatic hydroxyl groups is 1. The number of thioether (sulfide) groups is 1. The van der Waals surface area contributed by atoms with E-state index in [0.717, 1.165) is 23.8 Å². The van der Waals surface area contributed by atoms with Gasteiger partial charge in [-0.2, -0.15) is 11.8 Å². The molecule has 0 aromatic rings. The van der Waals surface area contributed by atoms with Crippen molar-refractivity contribution in [3.63, 3.8) is 0 Å². The van der Waals surface area contributed by atoms with Crippen molar-refractivity contribution in [1.82, 2.24) is 0 Å². The maximum atomic E-state index is 9.76. The minimum Gasteiger partial charge on any atom is -0.392 e. The molecule has 14 heavy (non-hydrogen) atoms. The van der Waals surface area contributed by atoms with Gasteiger partial charge in [0.2, 0.25) is 0 Å². The zero-order chi connectivity index (χ0) is 10.4. The Morgan fingerprint density at radius 3 is 2.57 bits per heavy atom. The Morgan fingerprint density at radius 2 is 2.00 bits per heavy atom. The molecule has 0 aliphatic heterocycles. The fourth-order valence-corrected chi connectivity index (χ4v) is 3.00. The van der Waals surface area contributed by atoms with Crippen LogP contribution in [0.25, 0.3) is 0 Å². The van der Waals surface area contributed by atoms with E-state index in [2.05, 4.69) is 0 Å². The van der Waals surface area contributed by atoms with Crippen LogP contribution in [0.4, 0.5) is 0 Å². The predicted octanol–water partition coefficient (Wildman–Crippen LogP) is 2.01. The van der Waals surface area contributed by atoms with E-state index < -0.39 is 0 Å². The molecule has 1 rings (SSSR count). The molecule has 0 saturated heterocycles. The Labute approximate surface area is 91.6 Å². The monoisotopic (exact) mass is 217 g/mol. The molecular formula is C11H23NOS. The van der Waals surface area contributed by atoms with Crippen LogP contribution in [0.3, 0.4) is 0 Å². The first-order valence-electron chi connectivity index (χ1n) is 5.70. The SMILES string of the molecule is CC(N)CSCC(O)CC1CCCC1. The summed E-state index contributed by atoms with van der Waals surface area (Å²) in [5.41, 5.74) is 5.64. The minimum atomic E-state index is -0.109. The van der Waals surface area contributed by atoms with Crippen molar-refractivity contribution in [2.75, 3.05) is 11.5 Å². The Kier molecular flexibility index (Phi) is 5.90. The standard InChI is InChI=1S/C11H23NOS/c1-9(12)7-14-8-11(13)6-10-4-2-3-5-10/h9-11,13H,2-8,12H2,1H3. The fraction of sp³-hybridized carbons (Fsp3) is 1.00. The average molecular weight is 217 g/mol. The van der Waals surface area contributed by atoms with Gasteiger partial charge in [-0.3, -0.25) is 0 Å². The minimum absolute atomic E-state index is 0.109. The fourth-order valence-electron chi connectivity index (χ4n) is 2.09. The highest BCUT2D eigenvalue weighted by molar-refractivity contribution is 7.99. The van der Waals surface area contributed by atoms with E-state index in [1.807, 2.05) is 6.92 Å². The lowest BCUT2D eigenvalue weighted by Crippen LogP contribution is -2.20. The first kappa shape index (κ1) is 12.3. The molecule has 0 amide bonds. The van der Waals surface area contributed by atoms with Crippen molar-refractivity contribution < 1.29 is 5.11 Å². The molecule has 0 spiro atoms. The van der Waals surface area contributed by atoms with Crippen LogP contribution < -0.4 is 5.73 Å². The summed E-state index contributed by atoms with van der Waals surface area (Å²) in [6, 6.07) is 0.249. The topological polar surface area (TPSA) is 46.2 Å². The third-order valence-electron chi connectivity index (χ3n) is 2.77. The molecule has 0 aromatic carbocycles. The van der Waals surface area contributed by atoms with Crippen molar-refractivity contribution in [2.24, 2.45) is 11.7 Å². The number of nitrogens with two attached hydrogens (primary N) is 1. The molecule has 1 saturated carbocycles. The third-order valence-corrected chi connectivity index (χ3v) is 4.15. The van der Waals surface area contributed by atoms with Crippen LogP contribution in [0.5, 0.6) is 0 Å². The van der Waals surface area contributed by atoms with Gasteiger partial charge in [0.15, 0.2) is 0 Å². The summed E-state index contributed by atoms with van der Waals surface area (Å²) in [5.74, 6) is 2.61. The zero-order valence-electron chi connectivity index (χ0n) is 9.11. The summed E-state index contributed by atoms with van der Waals surface area (Å²) >= 11 is 1.78. The summed E-state index contributed by atoms with van der Waals surface area (Å²) in [5, 5.41) is 9.76. The van der Waals surface area contributed by atoms with Gasteiger partial charge in [-0.05, 0) is 19.3 Å². The molecule has 1 fully saturated rings. The smallest absolute Gasteiger partial charge is 0.0633 e. The molecule has 3 heteroatoms. The molecule has 3 N–H and O–H groups in total.